The minimum atomic E-state index is -0.982. The molecule has 0 fully saturated rings. The van der Waals surface area contributed by atoms with Gasteiger partial charge in [0.25, 0.3) is 5.56 Å². The normalized spacial score (nSPS) is 12.2. The fourth-order valence-corrected chi connectivity index (χ4v) is 3.35. The predicted molar refractivity (Wildman–Crippen MR) is 116 cm³/mol. The Morgan fingerprint density at radius 3 is 2.37 bits per heavy atom. The summed E-state index contributed by atoms with van der Waals surface area (Å²) < 4.78 is 6.78. The van der Waals surface area contributed by atoms with Crippen LogP contribution in [0.25, 0.3) is 10.8 Å². The van der Waals surface area contributed by atoms with Gasteiger partial charge in [0.05, 0.1) is 5.39 Å². The van der Waals surface area contributed by atoms with Crippen LogP contribution in [0.5, 0.6) is 0 Å². The number of aromatic nitrogens is 2. The first-order valence-electron chi connectivity index (χ1n) is 10.0. The molecule has 0 bridgehead atoms. The van der Waals surface area contributed by atoms with Gasteiger partial charge >= 0.3 is 5.97 Å². The number of ketones is 1. The highest BCUT2D eigenvalue weighted by atomic mass is 16.5. The van der Waals surface area contributed by atoms with Crippen molar-refractivity contribution in [1.29, 1.82) is 0 Å². The van der Waals surface area contributed by atoms with Crippen molar-refractivity contribution in [3.8, 4) is 0 Å². The Morgan fingerprint density at radius 1 is 1.03 bits per heavy atom. The van der Waals surface area contributed by atoms with Gasteiger partial charge in [0.15, 0.2) is 11.8 Å². The lowest BCUT2D eigenvalue weighted by Crippen LogP contribution is -2.30. The molecule has 0 unspecified atom stereocenters. The third kappa shape index (κ3) is 4.32. The number of fused-ring (bicyclic) bond motifs is 1. The fourth-order valence-electron chi connectivity index (χ4n) is 3.35. The molecule has 1 heterocycles. The maximum atomic E-state index is 13.0. The van der Waals surface area contributed by atoms with Crippen LogP contribution in [-0.2, 0) is 11.3 Å². The summed E-state index contributed by atoms with van der Waals surface area (Å²) in [6.07, 6.45) is -0.982. The van der Waals surface area contributed by atoms with E-state index in [2.05, 4.69) is 5.10 Å². The van der Waals surface area contributed by atoms with Gasteiger partial charge in [-0.15, -0.1) is 0 Å². The van der Waals surface area contributed by atoms with Crippen LogP contribution >= 0.6 is 0 Å². The number of rotatable bonds is 6. The molecule has 2 aromatic carbocycles. The summed E-state index contributed by atoms with van der Waals surface area (Å²) in [5.41, 5.74) is 2.08. The Kier molecular flexibility index (Phi) is 6.15. The van der Waals surface area contributed by atoms with E-state index in [4.69, 9.17) is 4.74 Å². The fraction of sp³-hybridized carbons (Fsp3) is 0.333. The number of carbonyl (C=O) groups excluding carboxylic acids is 2. The van der Waals surface area contributed by atoms with Gasteiger partial charge in [-0.25, -0.2) is 9.48 Å². The van der Waals surface area contributed by atoms with Gasteiger partial charge in [0, 0.05) is 17.5 Å². The third-order valence-electron chi connectivity index (χ3n) is 4.91. The number of aryl methyl sites for hydroxylation is 2. The maximum Gasteiger partial charge on any atom is 0.360 e. The van der Waals surface area contributed by atoms with Gasteiger partial charge in [-0.1, -0.05) is 49.7 Å². The summed E-state index contributed by atoms with van der Waals surface area (Å²) in [5, 5.41) is 5.09. The van der Waals surface area contributed by atoms with Gasteiger partial charge < -0.3 is 4.74 Å². The molecule has 1 atom stereocenters. The molecule has 0 aliphatic rings. The van der Waals surface area contributed by atoms with Gasteiger partial charge in [-0.05, 0) is 44.4 Å². The molecule has 3 aromatic rings. The Bertz CT molecular complexity index is 1180. The van der Waals surface area contributed by atoms with Crippen LogP contribution in [0, 0.1) is 19.8 Å². The second-order valence-corrected chi connectivity index (χ2v) is 8.01. The number of ether oxygens (including phenoxy) is 1. The number of Topliss-reactive ketones (excluding diaryl/α,β-unsaturated/α-hetero) is 1. The molecular formula is C24H26N2O4. The van der Waals surface area contributed by atoms with E-state index in [0.29, 0.717) is 22.9 Å². The van der Waals surface area contributed by atoms with Gasteiger partial charge in [0.2, 0.25) is 5.78 Å². The lowest BCUT2D eigenvalue weighted by molar-refractivity contribution is 0.0312. The Morgan fingerprint density at radius 2 is 1.70 bits per heavy atom. The molecule has 0 radical (unpaired) electrons. The third-order valence-corrected chi connectivity index (χ3v) is 4.91. The molecule has 0 aliphatic heterocycles. The second kappa shape index (κ2) is 8.61. The SMILES string of the molecule is Cc1ccc(C)c(C(=O)[C@@H](C)OC(=O)c2nn(CC(C)C)c(=O)c3ccccc23)c1. The van der Waals surface area contributed by atoms with Crippen LogP contribution < -0.4 is 5.56 Å². The van der Waals surface area contributed by atoms with Crippen molar-refractivity contribution in [2.24, 2.45) is 5.92 Å². The van der Waals surface area contributed by atoms with E-state index >= 15 is 0 Å². The maximum absolute atomic E-state index is 13.0. The zero-order valence-corrected chi connectivity index (χ0v) is 17.9. The van der Waals surface area contributed by atoms with E-state index in [9.17, 15) is 14.4 Å². The largest absolute Gasteiger partial charge is 0.449 e. The topological polar surface area (TPSA) is 78.3 Å². The summed E-state index contributed by atoms with van der Waals surface area (Å²) in [6.45, 7) is 9.60. The molecule has 30 heavy (non-hydrogen) atoms. The predicted octanol–water partition coefficient (Wildman–Crippen LogP) is 4.10. The number of esters is 1. The zero-order chi connectivity index (χ0) is 22.0. The van der Waals surface area contributed by atoms with E-state index in [1.807, 2.05) is 39.8 Å². The molecule has 6 nitrogen and oxygen atoms in total. The molecule has 0 saturated carbocycles. The van der Waals surface area contributed by atoms with Crippen molar-refractivity contribution in [3.05, 3.63) is 75.2 Å². The smallest absolute Gasteiger partial charge is 0.360 e. The summed E-state index contributed by atoms with van der Waals surface area (Å²) in [7, 11) is 0. The highest BCUT2D eigenvalue weighted by Crippen LogP contribution is 2.18. The van der Waals surface area contributed by atoms with Crippen LogP contribution in [0.15, 0.2) is 47.3 Å². The minimum Gasteiger partial charge on any atom is -0.449 e. The summed E-state index contributed by atoms with van der Waals surface area (Å²) >= 11 is 0. The molecule has 0 amide bonds. The monoisotopic (exact) mass is 406 g/mol. The average Bonchev–Trinajstić information content (AvgIpc) is 2.71. The van der Waals surface area contributed by atoms with E-state index in [0.717, 1.165) is 11.1 Å². The van der Waals surface area contributed by atoms with Gasteiger partial charge in [-0.3, -0.25) is 9.59 Å². The highest BCUT2D eigenvalue weighted by Gasteiger charge is 2.25. The summed E-state index contributed by atoms with van der Waals surface area (Å²) in [4.78, 5) is 38.5. The lowest BCUT2D eigenvalue weighted by Gasteiger charge is -2.16. The number of hydrogen-bond acceptors (Lipinski definition) is 5. The van der Waals surface area contributed by atoms with E-state index in [-0.39, 0.29) is 23.0 Å². The van der Waals surface area contributed by atoms with E-state index in [1.165, 1.54) is 4.68 Å². The molecular weight excluding hydrogens is 380 g/mol. The Balaban J connectivity index is 1.96. The number of benzene rings is 2. The molecule has 0 spiro atoms. The van der Waals surface area contributed by atoms with Crippen LogP contribution in [0.4, 0.5) is 0 Å². The standard InChI is InChI=1S/C24H26N2O4/c1-14(2)13-26-23(28)19-9-7-6-8-18(19)21(25-26)24(29)30-17(5)22(27)20-12-15(3)10-11-16(20)4/h6-12,14,17H,13H2,1-5H3/t17-/m1/s1. The first-order valence-corrected chi connectivity index (χ1v) is 10.0. The summed E-state index contributed by atoms with van der Waals surface area (Å²) in [6, 6.07) is 12.4. The van der Waals surface area contributed by atoms with Crippen LogP contribution in [0.1, 0.15) is 52.7 Å². The number of nitrogens with zero attached hydrogens (tertiary/aromatic N) is 2. The highest BCUT2D eigenvalue weighted by molar-refractivity contribution is 6.05. The first-order chi connectivity index (χ1) is 14.2. The molecule has 0 N–H and O–H groups in total. The Hall–Kier alpha value is -3.28. The van der Waals surface area contributed by atoms with Gasteiger partial charge in [0.1, 0.15) is 0 Å². The van der Waals surface area contributed by atoms with Crippen molar-refractivity contribution >= 4 is 22.5 Å². The van der Waals surface area contributed by atoms with Crippen molar-refractivity contribution in [1.82, 2.24) is 9.78 Å². The molecule has 3 rings (SSSR count). The molecule has 156 valence electrons. The zero-order valence-electron chi connectivity index (χ0n) is 17.9. The van der Waals surface area contributed by atoms with Crippen LogP contribution in [0.2, 0.25) is 0 Å². The van der Waals surface area contributed by atoms with Crippen LogP contribution in [0.3, 0.4) is 0 Å². The van der Waals surface area contributed by atoms with Crippen molar-refractivity contribution in [2.45, 2.75) is 47.3 Å². The molecule has 0 saturated heterocycles. The second-order valence-electron chi connectivity index (χ2n) is 8.01. The number of carbonyl (C=O) groups is 2. The molecule has 1 aromatic heterocycles. The minimum absolute atomic E-state index is 0.0338. The van der Waals surface area contributed by atoms with Crippen molar-refractivity contribution < 1.29 is 14.3 Å². The van der Waals surface area contributed by atoms with Crippen molar-refractivity contribution in [3.63, 3.8) is 0 Å². The van der Waals surface area contributed by atoms with E-state index in [1.54, 1.807) is 37.3 Å². The van der Waals surface area contributed by atoms with Gasteiger partial charge in [-0.2, -0.15) is 5.10 Å². The van der Waals surface area contributed by atoms with Crippen molar-refractivity contribution in [2.75, 3.05) is 0 Å². The lowest BCUT2D eigenvalue weighted by atomic mass is 9.99. The first kappa shape index (κ1) is 21.4. The summed E-state index contributed by atoms with van der Waals surface area (Å²) in [5.74, 6) is -0.829. The van der Waals surface area contributed by atoms with E-state index < -0.39 is 12.1 Å². The number of hydrogen-bond donors (Lipinski definition) is 0. The van der Waals surface area contributed by atoms with Crippen LogP contribution in [-0.4, -0.2) is 27.6 Å². The molecule has 0 aliphatic carbocycles. The Labute approximate surface area is 175 Å². The average molecular weight is 406 g/mol. The molecule has 6 heteroatoms. The quantitative estimate of drug-likeness (QED) is 0.455.